The minimum Gasteiger partial charge on any atom is -0.312 e. The van der Waals surface area contributed by atoms with E-state index in [-0.39, 0.29) is 5.54 Å². The van der Waals surface area contributed by atoms with Crippen molar-refractivity contribution in [1.82, 2.24) is 5.32 Å². The molecule has 3 unspecified atom stereocenters. The van der Waals surface area contributed by atoms with Crippen molar-refractivity contribution in [2.75, 3.05) is 7.05 Å². The first kappa shape index (κ1) is 8.72. The molecule has 1 aliphatic carbocycles. The van der Waals surface area contributed by atoms with Gasteiger partial charge in [-0.05, 0) is 26.6 Å². The Morgan fingerprint density at radius 1 is 1.64 bits per heavy atom. The second kappa shape index (κ2) is 2.94. The first-order chi connectivity index (χ1) is 5.16. The molecule has 1 fully saturated rings. The van der Waals surface area contributed by atoms with E-state index in [1.807, 2.05) is 13.3 Å². The zero-order valence-electron chi connectivity index (χ0n) is 7.89. The summed E-state index contributed by atoms with van der Waals surface area (Å²) in [4.78, 5) is 4.47. The predicted octanol–water partition coefficient (Wildman–Crippen LogP) is 1.46. The van der Waals surface area contributed by atoms with Crippen molar-refractivity contribution >= 4 is 6.21 Å². The standard InChI is InChI=1S/C9H18N2/c1-5-6-11-8-7(2)9(8,3)10-4/h6-8,10H,5H2,1-4H3. The zero-order chi connectivity index (χ0) is 8.48. The van der Waals surface area contributed by atoms with Crippen molar-refractivity contribution in [2.24, 2.45) is 10.9 Å². The summed E-state index contributed by atoms with van der Waals surface area (Å²) in [5.74, 6) is 0.690. The van der Waals surface area contributed by atoms with Crippen LogP contribution in [0.2, 0.25) is 0 Å². The van der Waals surface area contributed by atoms with Crippen LogP contribution < -0.4 is 5.32 Å². The van der Waals surface area contributed by atoms with Gasteiger partial charge in [0.15, 0.2) is 0 Å². The molecule has 0 spiro atoms. The Morgan fingerprint density at radius 3 is 2.64 bits per heavy atom. The highest BCUT2D eigenvalue weighted by atomic mass is 15.1. The summed E-state index contributed by atoms with van der Waals surface area (Å²) in [6.45, 7) is 6.59. The molecule has 2 nitrogen and oxygen atoms in total. The largest absolute Gasteiger partial charge is 0.312 e. The van der Waals surface area contributed by atoms with Crippen LogP contribution in [0.25, 0.3) is 0 Å². The van der Waals surface area contributed by atoms with Crippen LogP contribution >= 0.6 is 0 Å². The number of hydrogen-bond donors (Lipinski definition) is 1. The van der Waals surface area contributed by atoms with Crippen molar-refractivity contribution in [2.45, 2.75) is 38.8 Å². The van der Waals surface area contributed by atoms with E-state index in [4.69, 9.17) is 0 Å². The van der Waals surface area contributed by atoms with Crippen molar-refractivity contribution in [1.29, 1.82) is 0 Å². The van der Waals surface area contributed by atoms with Crippen molar-refractivity contribution in [3.8, 4) is 0 Å². The van der Waals surface area contributed by atoms with Crippen molar-refractivity contribution in [3.05, 3.63) is 0 Å². The highest BCUT2D eigenvalue weighted by Gasteiger charge is 2.57. The Kier molecular flexibility index (Phi) is 2.33. The molecule has 0 bridgehead atoms. The van der Waals surface area contributed by atoms with Gasteiger partial charge in [-0.25, -0.2) is 0 Å². The Hall–Kier alpha value is -0.370. The molecule has 0 aromatic rings. The third-order valence-electron chi connectivity index (χ3n) is 2.91. The molecule has 1 N–H and O–H groups in total. The predicted molar refractivity (Wildman–Crippen MR) is 49.2 cm³/mol. The summed E-state index contributed by atoms with van der Waals surface area (Å²) >= 11 is 0. The molecule has 0 amide bonds. The minimum atomic E-state index is 0.270. The van der Waals surface area contributed by atoms with Crippen LogP contribution in [0.3, 0.4) is 0 Å². The monoisotopic (exact) mass is 154 g/mol. The Labute approximate surface area is 69.1 Å². The number of rotatable bonds is 3. The number of nitrogens with zero attached hydrogens (tertiary/aromatic N) is 1. The van der Waals surface area contributed by atoms with Gasteiger partial charge in [-0.2, -0.15) is 0 Å². The van der Waals surface area contributed by atoms with Gasteiger partial charge in [0.05, 0.1) is 6.04 Å². The van der Waals surface area contributed by atoms with Gasteiger partial charge in [-0.1, -0.05) is 13.8 Å². The van der Waals surface area contributed by atoms with E-state index in [1.165, 1.54) is 0 Å². The highest BCUT2D eigenvalue weighted by Crippen LogP contribution is 2.45. The van der Waals surface area contributed by atoms with E-state index in [0.29, 0.717) is 12.0 Å². The SMILES string of the molecule is CCC=NC1C(C)C1(C)NC. The van der Waals surface area contributed by atoms with E-state index >= 15 is 0 Å². The molecule has 0 saturated heterocycles. The molecule has 0 aliphatic heterocycles. The lowest BCUT2D eigenvalue weighted by Gasteiger charge is -2.06. The van der Waals surface area contributed by atoms with E-state index in [0.717, 1.165) is 6.42 Å². The second-order valence-corrected chi connectivity index (χ2v) is 3.51. The first-order valence-electron chi connectivity index (χ1n) is 4.37. The van der Waals surface area contributed by atoms with Gasteiger partial charge in [-0.15, -0.1) is 0 Å². The quantitative estimate of drug-likeness (QED) is 0.611. The molecule has 1 rings (SSSR count). The molecule has 0 heterocycles. The maximum absolute atomic E-state index is 4.47. The number of hydrogen-bond acceptors (Lipinski definition) is 2. The lowest BCUT2D eigenvalue weighted by atomic mass is 10.3. The van der Waals surface area contributed by atoms with Gasteiger partial charge < -0.3 is 5.32 Å². The molecular formula is C9H18N2. The lowest BCUT2D eigenvalue weighted by Crippen LogP contribution is -2.28. The minimum absolute atomic E-state index is 0.270. The van der Waals surface area contributed by atoms with Crippen LogP contribution in [0.4, 0.5) is 0 Å². The van der Waals surface area contributed by atoms with Crippen molar-refractivity contribution < 1.29 is 0 Å². The summed E-state index contributed by atoms with van der Waals surface area (Å²) in [6.07, 6.45) is 3.06. The fraction of sp³-hybridized carbons (Fsp3) is 0.889. The number of likely N-dealkylation sites (N-methyl/N-ethyl adjacent to an activating group) is 1. The van der Waals surface area contributed by atoms with Gasteiger partial charge in [0.25, 0.3) is 0 Å². The fourth-order valence-electron chi connectivity index (χ4n) is 1.58. The lowest BCUT2D eigenvalue weighted by molar-refractivity contribution is 0.551. The maximum Gasteiger partial charge on any atom is 0.0721 e. The summed E-state index contributed by atoms with van der Waals surface area (Å²) in [7, 11) is 2.01. The third-order valence-corrected chi connectivity index (χ3v) is 2.91. The van der Waals surface area contributed by atoms with Gasteiger partial charge in [0.1, 0.15) is 0 Å². The van der Waals surface area contributed by atoms with E-state index in [1.54, 1.807) is 0 Å². The maximum atomic E-state index is 4.47. The fourth-order valence-corrected chi connectivity index (χ4v) is 1.58. The molecule has 2 heteroatoms. The van der Waals surface area contributed by atoms with Crippen molar-refractivity contribution in [3.63, 3.8) is 0 Å². The summed E-state index contributed by atoms with van der Waals surface area (Å²) in [6, 6.07) is 0.507. The Morgan fingerprint density at radius 2 is 2.27 bits per heavy atom. The average Bonchev–Trinajstić information content (AvgIpc) is 2.53. The van der Waals surface area contributed by atoms with Crippen LogP contribution in [0.1, 0.15) is 27.2 Å². The van der Waals surface area contributed by atoms with Gasteiger partial charge in [0.2, 0.25) is 0 Å². The van der Waals surface area contributed by atoms with Gasteiger partial charge >= 0.3 is 0 Å². The Bertz CT molecular complexity index is 165. The van der Waals surface area contributed by atoms with E-state index in [9.17, 15) is 0 Å². The van der Waals surface area contributed by atoms with Crippen LogP contribution in [0, 0.1) is 5.92 Å². The second-order valence-electron chi connectivity index (χ2n) is 3.51. The molecule has 0 radical (unpaired) electrons. The molecular weight excluding hydrogens is 136 g/mol. The van der Waals surface area contributed by atoms with Crippen LogP contribution in [-0.4, -0.2) is 24.8 Å². The highest BCUT2D eigenvalue weighted by molar-refractivity contribution is 5.58. The molecule has 11 heavy (non-hydrogen) atoms. The molecule has 64 valence electrons. The van der Waals surface area contributed by atoms with E-state index in [2.05, 4.69) is 31.1 Å². The Balaban J connectivity index is 2.47. The molecule has 1 saturated carbocycles. The smallest absolute Gasteiger partial charge is 0.0721 e. The van der Waals surface area contributed by atoms with Gasteiger partial charge in [0, 0.05) is 11.5 Å². The van der Waals surface area contributed by atoms with E-state index < -0.39 is 0 Å². The summed E-state index contributed by atoms with van der Waals surface area (Å²) < 4.78 is 0. The summed E-state index contributed by atoms with van der Waals surface area (Å²) in [5.41, 5.74) is 0.270. The number of aliphatic imine (C=N–C) groups is 1. The summed E-state index contributed by atoms with van der Waals surface area (Å²) in [5, 5.41) is 3.31. The molecule has 3 atom stereocenters. The van der Waals surface area contributed by atoms with Crippen LogP contribution in [0.15, 0.2) is 4.99 Å². The molecule has 1 aliphatic rings. The third kappa shape index (κ3) is 1.32. The molecule has 0 aromatic carbocycles. The average molecular weight is 154 g/mol. The van der Waals surface area contributed by atoms with Crippen LogP contribution in [-0.2, 0) is 0 Å². The molecule has 0 aromatic heterocycles. The topological polar surface area (TPSA) is 24.4 Å². The number of nitrogens with one attached hydrogen (secondary N) is 1. The van der Waals surface area contributed by atoms with Gasteiger partial charge in [-0.3, -0.25) is 4.99 Å². The van der Waals surface area contributed by atoms with Crippen LogP contribution in [0.5, 0.6) is 0 Å². The zero-order valence-corrected chi connectivity index (χ0v) is 7.89. The normalized spacial score (nSPS) is 43.3. The first-order valence-corrected chi connectivity index (χ1v) is 4.37.